The summed E-state index contributed by atoms with van der Waals surface area (Å²) in [6, 6.07) is 0.293. The quantitative estimate of drug-likeness (QED) is 0.745. The van der Waals surface area contributed by atoms with Crippen molar-refractivity contribution >= 4 is 18.6 Å². The smallest absolute Gasteiger partial charge is 0.316 e. The molecule has 1 atom stereocenters. The molecule has 0 bridgehead atoms. The van der Waals surface area contributed by atoms with Crippen LogP contribution in [0.5, 0.6) is 0 Å². The lowest BCUT2D eigenvalue weighted by atomic mass is 10.2. The zero-order chi connectivity index (χ0) is 10.7. The van der Waals surface area contributed by atoms with E-state index in [2.05, 4.69) is 17.6 Å². The Hall–Kier alpha value is -0.970. The monoisotopic (exact) mass is 214 g/mol. The molecule has 1 aromatic heterocycles. The molecule has 0 saturated carbocycles. The maximum absolute atomic E-state index is 10.6. The first-order valence-corrected chi connectivity index (χ1v) is 4.95. The van der Waals surface area contributed by atoms with E-state index in [1.807, 2.05) is 18.4 Å². The highest BCUT2D eigenvalue weighted by Gasteiger charge is 2.15. The summed E-state index contributed by atoms with van der Waals surface area (Å²) in [5, 5.41) is 8.04. The summed E-state index contributed by atoms with van der Waals surface area (Å²) in [5.74, 6) is -0.898. The van der Waals surface area contributed by atoms with Crippen molar-refractivity contribution in [2.45, 2.75) is 31.6 Å². The van der Waals surface area contributed by atoms with Gasteiger partial charge in [0.25, 0.3) is 0 Å². The molecule has 0 aliphatic heterocycles. The second kappa shape index (κ2) is 4.50. The fourth-order valence-electron chi connectivity index (χ4n) is 1.24. The predicted octanol–water partition coefficient (Wildman–Crippen LogP) is 1.39. The Morgan fingerprint density at radius 3 is 2.86 bits per heavy atom. The van der Waals surface area contributed by atoms with Crippen LogP contribution in [0.4, 0.5) is 0 Å². The number of carboxylic acids is 1. The first-order chi connectivity index (χ1) is 6.52. The van der Waals surface area contributed by atoms with Crippen molar-refractivity contribution in [3.8, 4) is 0 Å². The summed E-state index contributed by atoms with van der Waals surface area (Å²) < 4.78 is 1.95. The van der Waals surface area contributed by atoms with Gasteiger partial charge >= 0.3 is 5.97 Å². The average molecular weight is 214 g/mol. The molecular weight excluding hydrogens is 200 g/mol. The molecule has 0 aromatic carbocycles. The molecule has 0 aliphatic rings. The SMILES string of the molecule is CC(C)n1cncc1CC(S)C(=O)O. The van der Waals surface area contributed by atoms with E-state index in [9.17, 15) is 4.79 Å². The first-order valence-electron chi connectivity index (χ1n) is 4.44. The maximum atomic E-state index is 10.6. The fraction of sp³-hybridized carbons (Fsp3) is 0.556. The van der Waals surface area contributed by atoms with E-state index in [0.29, 0.717) is 12.5 Å². The van der Waals surface area contributed by atoms with Crippen molar-refractivity contribution in [1.29, 1.82) is 0 Å². The van der Waals surface area contributed by atoms with Gasteiger partial charge < -0.3 is 9.67 Å². The van der Waals surface area contributed by atoms with Crippen molar-refractivity contribution in [3.63, 3.8) is 0 Å². The summed E-state index contributed by atoms with van der Waals surface area (Å²) in [6.07, 6.45) is 3.80. The Kier molecular flexibility index (Phi) is 3.57. The Bertz CT molecular complexity index is 322. The van der Waals surface area contributed by atoms with Crippen LogP contribution >= 0.6 is 12.6 Å². The Morgan fingerprint density at radius 1 is 1.71 bits per heavy atom. The van der Waals surface area contributed by atoms with Crippen molar-refractivity contribution in [2.75, 3.05) is 0 Å². The molecule has 1 aromatic rings. The van der Waals surface area contributed by atoms with Crippen molar-refractivity contribution in [2.24, 2.45) is 0 Å². The molecule has 0 aliphatic carbocycles. The van der Waals surface area contributed by atoms with Crippen LogP contribution in [-0.4, -0.2) is 25.9 Å². The second-order valence-electron chi connectivity index (χ2n) is 3.44. The summed E-state index contributed by atoms with van der Waals surface area (Å²) in [4.78, 5) is 14.6. The number of hydrogen-bond acceptors (Lipinski definition) is 3. The molecular formula is C9H14N2O2S. The molecule has 0 radical (unpaired) electrons. The molecule has 5 heteroatoms. The molecule has 4 nitrogen and oxygen atoms in total. The lowest BCUT2D eigenvalue weighted by molar-refractivity contribution is -0.136. The van der Waals surface area contributed by atoms with Crippen LogP contribution in [0.15, 0.2) is 12.5 Å². The molecule has 1 heterocycles. The van der Waals surface area contributed by atoms with E-state index in [1.165, 1.54) is 0 Å². The van der Waals surface area contributed by atoms with E-state index in [4.69, 9.17) is 5.11 Å². The van der Waals surface area contributed by atoms with E-state index in [-0.39, 0.29) is 0 Å². The number of nitrogens with zero attached hydrogens (tertiary/aromatic N) is 2. The minimum Gasteiger partial charge on any atom is -0.480 e. The fourth-order valence-corrected chi connectivity index (χ4v) is 1.43. The number of imidazole rings is 1. The molecule has 14 heavy (non-hydrogen) atoms. The first kappa shape index (κ1) is 11.1. The van der Waals surface area contributed by atoms with E-state index in [0.717, 1.165) is 5.69 Å². The number of carboxylic acid groups (broad SMARTS) is 1. The van der Waals surface area contributed by atoms with Gasteiger partial charge in [-0.25, -0.2) is 4.98 Å². The summed E-state index contributed by atoms with van der Waals surface area (Å²) in [5.41, 5.74) is 0.905. The number of rotatable bonds is 4. The van der Waals surface area contributed by atoms with E-state index in [1.54, 1.807) is 12.5 Å². The minimum atomic E-state index is -0.898. The zero-order valence-electron chi connectivity index (χ0n) is 8.21. The predicted molar refractivity (Wildman–Crippen MR) is 56.7 cm³/mol. The highest BCUT2D eigenvalue weighted by atomic mass is 32.1. The molecule has 0 saturated heterocycles. The van der Waals surface area contributed by atoms with Gasteiger partial charge in [0.1, 0.15) is 5.25 Å². The Morgan fingerprint density at radius 2 is 2.36 bits per heavy atom. The van der Waals surface area contributed by atoms with Crippen LogP contribution in [0.3, 0.4) is 0 Å². The van der Waals surface area contributed by atoms with Gasteiger partial charge in [-0.1, -0.05) is 0 Å². The average Bonchev–Trinajstić information content (AvgIpc) is 2.52. The topological polar surface area (TPSA) is 55.1 Å². The number of aromatic nitrogens is 2. The van der Waals surface area contributed by atoms with Crippen molar-refractivity contribution in [3.05, 3.63) is 18.2 Å². The molecule has 1 unspecified atom stereocenters. The molecule has 0 fully saturated rings. The molecule has 1 N–H and O–H groups in total. The largest absolute Gasteiger partial charge is 0.480 e. The molecule has 78 valence electrons. The summed E-state index contributed by atoms with van der Waals surface area (Å²) in [6.45, 7) is 4.05. The third-order valence-corrected chi connectivity index (χ3v) is 2.39. The van der Waals surface area contributed by atoms with Crippen LogP contribution < -0.4 is 0 Å². The van der Waals surface area contributed by atoms with Gasteiger partial charge in [-0.15, -0.1) is 0 Å². The number of hydrogen-bond donors (Lipinski definition) is 2. The van der Waals surface area contributed by atoms with Crippen LogP contribution in [0.1, 0.15) is 25.6 Å². The normalized spacial score (nSPS) is 13.1. The van der Waals surface area contributed by atoms with Crippen molar-refractivity contribution < 1.29 is 9.90 Å². The van der Waals surface area contributed by atoms with E-state index >= 15 is 0 Å². The lowest BCUT2D eigenvalue weighted by Gasteiger charge is -2.12. The minimum absolute atomic E-state index is 0.293. The van der Waals surface area contributed by atoms with Crippen LogP contribution in [0.25, 0.3) is 0 Å². The van der Waals surface area contributed by atoms with Crippen LogP contribution in [0, 0.1) is 0 Å². The Labute approximate surface area is 88.4 Å². The number of carbonyl (C=O) groups is 1. The number of aliphatic carboxylic acids is 1. The summed E-state index contributed by atoms with van der Waals surface area (Å²) in [7, 11) is 0. The van der Waals surface area contributed by atoms with E-state index < -0.39 is 11.2 Å². The summed E-state index contributed by atoms with van der Waals surface area (Å²) >= 11 is 3.99. The molecule has 0 spiro atoms. The van der Waals surface area contributed by atoms with Gasteiger partial charge in [-0.3, -0.25) is 4.79 Å². The molecule has 1 rings (SSSR count). The molecule has 0 amide bonds. The zero-order valence-corrected chi connectivity index (χ0v) is 9.11. The maximum Gasteiger partial charge on any atom is 0.316 e. The highest BCUT2D eigenvalue weighted by molar-refractivity contribution is 7.81. The van der Waals surface area contributed by atoms with Crippen LogP contribution in [-0.2, 0) is 11.2 Å². The number of thiol groups is 1. The van der Waals surface area contributed by atoms with Gasteiger partial charge in [-0.05, 0) is 13.8 Å². The van der Waals surface area contributed by atoms with Crippen LogP contribution in [0.2, 0.25) is 0 Å². The van der Waals surface area contributed by atoms with Gasteiger partial charge in [0.2, 0.25) is 0 Å². The van der Waals surface area contributed by atoms with Gasteiger partial charge in [0, 0.05) is 24.4 Å². The second-order valence-corrected chi connectivity index (χ2v) is 4.07. The standard InChI is InChI=1S/C9H14N2O2S/c1-6(2)11-5-10-4-7(11)3-8(14)9(12)13/h4-6,8,14H,3H2,1-2H3,(H,12,13). The van der Waals surface area contributed by atoms with Crippen molar-refractivity contribution in [1.82, 2.24) is 9.55 Å². The third-order valence-electron chi connectivity index (χ3n) is 1.99. The van der Waals surface area contributed by atoms with Gasteiger partial charge in [0.05, 0.1) is 6.33 Å². The Balaban J connectivity index is 2.76. The lowest BCUT2D eigenvalue weighted by Crippen LogP contribution is -2.18. The third kappa shape index (κ3) is 2.51. The van der Waals surface area contributed by atoms with Gasteiger partial charge in [0.15, 0.2) is 0 Å². The highest BCUT2D eigenvalue weighted by Crippen LogP contribution is 2.13. The van der Waals surface area contributed by atoms with Gasteiger partial charge in [-0.2, -0.15) is 12.6 Å².